The van der Waals surface area contributed by atoms with E-state index in [1.807, 2.05) is 19.1 Å². The van der Waals surface area contributed by atoms with Crippen LogP contribution in [0.3, 0.4) is 0 Å². The lowest BCUT2D eigenvalue weighted by molar-refractivity contribution is 0.0868. The van der Waals surface area contributed by atoms with Crippen LogP contribution >= 0.6 is 15.9 Å². The smallest absolute Gasteiger partial charge is 0.319 e. The van der Waals surface area contributed by atoms with Crippen LogP contribution in [0.2, 0.25) is 0 Å². The first kappa shape index (κ1) is 15.1. The summed E-state index contributed by atoms with van der Waals surface area (Å²) >= 11 is 3.40. The van der Waals surface area contributed by atoms with Gasteiger partial charge in [0.15, 0.2) is 0 Å². The van der Waals surface area contributed by atoms with Gasteiger partial charge in [-0.25, -0.2) is 4.79 Å². The molecule has 5 nitrogen and oxygen atoms in total. The van der Waals surface area contributed by atoms with Gasteiger partial charge in [0.05, 0.1) is 24.9 Å². The lowest BCUT2D eigenvalue weighted by Crippen LogP contribution is -2.43. The zero-order valence-electron chi connectivity index (χ0n) is 11.6. The van der Waals surface area contributed by atoms with Crippen LogP contribution in [0.1, 0.15) is 19.8 Å². The molecule has 0 saturated carbocycles. The highest BCUT2D eigenvalue weighted by Gasteiger charge is 2.23. The third-order valence-electron chi connectivity index (χ3n) is 3.30. The number of amides is 2. The predicted octanol–water partition coefficient (Wildman–Crippen LogP) is 3.15. The second-order valence-corrected chi connectivity index (χ2v) is 5.64. The summed E-state index contributed by atoms with van der Waals surface area (Å²) in [6, 6.07) is 5.16. The number of rotatable bonds is 4. The molecule has 2 amide bonds. The van der Waals surface area contributed by atoms with Crippen LogP contribution in [-0.2, 0) is 4.74 Å². The molecule has 0 aromatic heterocycles. The number of hydrogen-bond donors (Lipinski definition) is 2. The summed E-state index contributed by atoms with van der Waals surface area (Å²) in [5.41, 5.74) is 0.668. The van der Waals surface area contributed by atoms with E-state index < -0.39 is 0 Å². The average molecular weight is 343 g/mol. The summed E-state index contributed by atoms with van der Waals surface area (Å²) in [4.78, 5) is 12.0. The summed E-state index contributed by atoms with van der Waals surface area (Å²) in [7, 11) is 1.59. The monoisotopic (exact) mass is 342 g/mol. The largest absolute Gasteiger partial charge is 0.497 e. The van der Waals surface area contributed by atoms with E-state index >= 15 is 0 Å². The molecule has 1 aliphatic heterocycles. The van der Waals surface area contributed by atoms with Crippen LogP contribution < -0.4 is 15.4 Å². The Morgan fingerprint density at radius 3 is 3.00 bits per heavy atom. The van der Waals surface area contributed by atoms with Gasteiger partial charge < -0.3 is 20.1 Å². The number of benzene rings is 1. The Labute approximate surface area is 127 Å². The molecule has 1 aromatic carbocycles. The maximum atomic E-state index is 12.0. The van der Waals surface area contributed by atoms with Gasteiger partial charge in [0.25, 0.3) is 0 Å². The van der Waals surface area contributed by atoms with Crippen molar-refractivity contribution in [2.75, 3.05) is 19.0 Å². The molecule has 0 unspecified atom stereocenters. The van der Waals surface area contributed by atoms with E-state index in [1.54, 1.807) is 13.2 Å². The number of anilines is 1. The summed E-state index contributed by atoms with van der Waals surface area (Å²) in [6.07, 6.45) is 2.15. The van der Waals surface area contributed by atoms with Gasteiger partial charge in [0, 0.05) is 17.1 Å². The van der Waals surface area contributed by atoms with Crippen LogP contribution in [-0.4, -0.2) is 31.9 Å². The number of hydrogen-bond acceptors (Lipinski definition) is 3. The molecule has 1 aromatic rings. The van der Waals surface area contributed by atoms with E-state index in [-0.39, 0.29) is 18.2 Å². The van der Waals surface area contributed by atoms with E-state index in [0.717, 1.165) is 23.9 Å². The van der Waals surface area contributed by atoms with Crippen molar-refractivity contribution in [1.82, 2.24) is 5.32 Å². The first-order chi connectivity index (χ1) is 9.60. The molecule has 1 saturated heterocycles. The zero-order valence-corrected chi connectivity index (χ0v) is 13.2. The first-order valence-corrected chi connectivity index (χ1v) is 7.42. The quantitative estimate of drug-likeness (QED) is 0.883. The second-order valence-electron chi connectivity index (χ2n) is 4.78. The maximum absolute atomic E-state index is 12.0. The normalized spacial score (nSPS) is 19.4. The number of methoxy groups -OCH3 is 1. The fourth-order valence-corrected chi connectivity index (χ4v) is 2.53. The minimum atomic E-state index is -0.248. The molecule has 2 atom stereocenters. The van der Waals surface area contributed by atoms with Gasteiger partial charge in [-0.1, -0.05) is 0 Å². The van der Waals surface area contributed by atoms with Gasteiger partial charge in [-0.05, 0) is 47.8 Å². The molecule has 110 valence electrons. The molecule has 1 heterocycles. The van der Waals surface area contributed by atoms with Crippen molar-refractivity contribution in [3.63, 3.8) is 0 Å². The Balaban J connectivity index is 1.93. The number of urea groups is 1. The van der Waals surface area contributed by atoms with Crippen LogP contribution in [0.15, 0.2) is 22.7 Å². The van der Waals surface area contributed by atoms with Crippen LogP contribution in [0.4, 0.5) is 10.5 Å². The zero-order chi connectivity index (χ0) is 14.5. The molecule has 0 aliphatic carbocycles. The van der Waals surface area contributed by atoms with E-state index in [4.69, 9.17) is 9.47 Å². The van der Waals surface area contributed by atoms with Crippen molar-refractivity contribution in [2.45, 2.75) is 31.9 Å². The van der Waals surface area contributed by atoms with Crippen LogP contribution in [0, 0.1) is 0 Å². The molecular weight excluding hydrogens is 324 g/mol. The highest BCUT2D eigenvalue weighted by Crippen LogP contribution is 2.27. The number of carbonyl (C=O) groups is 1. The molecule has 0 bridgehead atoms. The van der Waals surface area contributed by atoms with E-state index in [0.29, 0.717) is 11.4 Å². The van der Waals surface area contributed by atoms with Gasteiger partial charge >= 0.3 is 6.03 Å². The molecule has 1 fully saturated rings. The van der Waals surface area contributed by atoms with Gasteiger partial charge in [-0.3, -0.25) is 0 Å². The number of ether oxygens (including phenoxy) is 2. The third-order valence-corrected chi connectivity index (χ3v) is 3.99. The Hall–Kier alpha value is -1.27. The Kier molecular flexibility index (Phi) is 5.25. The van der Waals surface area contributed by atoms with Crippen molar-refractivity contribution in [3.05, 3.63) is 22.7 Å². The molecule has 1 aliphatic rings. The van der Waals surface area contributed by atoms with Crippen molar-refractivity contribution in [3.8, 4) is 5.75 Å². The Morgan fingerprint density at radius 2 is 2.35 bits per heavy atom. The number of halogens is 1. The summed E-state index contributed by atoms with van der Waals surface area (Å²) < 4.78 is 11.5. The van der Waals surface area contributed by atoms with Crippen molar-refractivity contribution in [2.24, 2.45) is 0 Å². The van der Waals surface area contributed by atoms with Crippen molar-refractivity contribution >= 4 is 27.6 Å². The number of carbonyl (C=O) groups excluding carboxylic acids is 1. The topological polar surface area (TPSA) is 59.6 Å². The van der Waals surface area contributed by atoms with E-state index in [1.165, 1.54) is 0 Å². The van der Waals surface area contributed by atoms with Crippen molar-refractivity contribution < 1.29 is 14.3 Å². The average Bonchev–Trinajstić information content (AvgIpc) is 2.95. The highest BCUT2D eigenvalue weighted by molar-refractivity contribution is 9.10. The SMILES string of the molecule is COc1ccc(Br)c(NC(=O)N[C@@H](C)[C@H]2CCCO2)c1. The fourth-order valence-electron chi connectivity index (χ4n) is 2.18. The summed E-state index contributed by atoms with van der Waals surface area (Å²) in [5, 5.41) is 5.71. The van der Waals surface area contributed by atoms with Crippen LogP contribution in [0.25, 0.3) is 0 Å². The second kappa shape index (κ2) is 6.95. The summed E-state index contributed by atoms with van der Waals surface area (Å²) in [5.74, 6) is 0.690. The van der Waals surface area contributed by atoms with E-state index in [2.05, 4.69) is 26.6 Å². The standard InChI is InChI=1S/C14H19BrN2O3/c1-9(13-4-3-7-20-13)16-14(18)17-12-8-10(19-2)5-6-11(12)15/h5-6,8-9,13H,3-4,7H2,1-2H3,(H2,16,17,18)/t9-,13+/m0/s1. The van der Waals surface area contributed by atoms with Gasteiger partial charge in [0.1, 0.15) is 5.75 Å². The maximum Gasteiger partial charge on any atom is 0.319 e. The van der Waals surface area contributed by atoms with Gasteiger partial charge in [-0.2, -0.15) is 0 Å². The molecule has 2 N–H and O–H groups in total. The van der Waals surface area contributed by atoms with Gasteiger partial charge in [-0.15, -0.1) is 0 Å². The fraction of sp³-hybridized carbons (Fsp3) is 0.500. The molecule has 2 rings (SSSR count). The molecule has 0 spiro atoms. The minimum Gasteiger partial charge on any atom is -0.497 e. The van der Waals surface area contributed by atoms with Crippen LogP contribution in [0.5, 0.6) is 5.75 Å². The third kappa shape index (κ3) is 3.86. The predicted molar refractivity (Wildman–Crippen MR) is 81.3 cm³/mol. The number of nitrogens with one attached hydrogen (secondary N) is 2. The van der Waals surface area contributed by atoms with Gasteiger partial charge in [0.2, 0.25) is 0 Å². The highest BCUT2D eigenvalue weighted by atomic mass is 79.9. The Morgan fingerprint density at radius 1 is 1.55 bits per heavy atom. The molecule has 20 heavy (non-hydrogen) atoms. The molecule has 0 radical (unpaired) electrons. The first-order valence-electron chi connectivity index (χ1n) is 6.63. The van der Waals surface area contributed by atoms with Crippen molar-refractivity contribution in [1.29, 1.82) is 0 Å². The lowest BCUT2D eigenvalue weighted by atomic mass is 10.1. The Bertz CT molecular complexity index is 475. The molecular formula is C14H19BrN2O3. The summed E-state index contributed by atoms with van der Waals surface area (Å²) in [6.45, 7) is 2.73. The van der Waals surface area contributed by atoms with E-state index in [9.17, 15) is 4.79 Å². The lowest BCUT2D eigenvalue weighted by Gasteiger charge is -2.20. The molecule has 6 heteroatoms. The minimum absolute atomic E-state index is 0.0121.